The van der Waals surface area contributed by atoms with Gasteiger partial charge in [-0.2, -0.15) is 0 Å². The molecule has 0 saturated carbocycles. The van der Waals surface area contributed by atoms with Crippen LogP contribution >= 0.6 is 0 Å². The lowest BCUT2D eigenvalue weighted by atomic mass is 10.4. The summed E-state index contributed by atoms with van der Waals surface area (Å²) in [6.45, 7) is 5.57. The number of hydrogen-bond donors (Lipinski definition) is 0. The van der Waals surface area contributed by atoms with E-state index in [1.807, 2.05) is 0 Å². The van der Waals surface area contributed by atoms with Crippen molar-refractivity contribution in [1.29, 1.82) is 0 Å². The Labute approximate surface area is 87.8 Å². The lowest BCUT2D eigenvalue weighted by molar-refractivity contribution is -0.139. The van der Waals surface area contributed by atoms with Crippen molar-refractivity contribution in [3.63, 3.8) is 0 Å². The maximum atomic E-state index is 11.2. The van der Waals surface area contributed by atoms with Gasteiger partial charge in [0.1, 0.15) is 6.61 Å². The molecule has 0 aromatic carbocycles. The first-order valence-electron chi connectivity index (χ1n) is 4.59. The maximum absolute atomic E-state index is 11.2. The van der Waals surface area contributed by atoms with E-state index in [9.17, 15) is 9.59 Å². The number of pyridine rings is 1. The van der Waals surface area contributed by atoms with Crippen molar-refractivity contribution < 1.29 is 9.53 Å². The van der Waals surface area contributed by atoms with E-state index in [1.165, 1.54) is 10.6 Å². The summed E-state index contributed by atoms with van der Waals surface area (Å²) in [5, 5.41) is 0. The Balaban J connectivity index is 2.45. The van der Waals surface area contributed by atoms with E-state index in [1.54, 1.807) is 25.3 Å². The van der Waals surface area contributed by atoms with Gasteiger partial charge in [0, 0.05) is 17.8 Å². The first kappa shape index (κ1) is 11.2. The summed E-state index contributed by atoms with van der Waals surface area (Å²) in [6.07, 6.45) is 1.65. The highest BCUT2D eigenvalue weighted by molar-refractivity contribution is 5.86. The second-order valence-electron chi connectivity index (χ2n) is 3.15. The highest BCUT2D eigenvalue weighted by Gasteiger charge is 2.02. The monoisotopic (exact) mass is 207 g/mol. The molecule has 1 aromatic heterocycles. The summed E-state index contributed by atoms with van der Waals surface area (Å²) < 4.78 is 6.34. The number of hydrogen-bond acceptors (Lipinski definition) is 3. The minimum atomic E-state index is -0.431. The Morgan fingerprint density at radius 3 is 2.87 bits per heavy atom. The summed E-state index contributed by atoms with van der Waals surface area (Å²) in [7, 11) is 0. The van der Waals surface area contributed by atoms with E-state index in [4.69, 9.17) is 4.74 Å². The van der Waals surface area contributed by atoms with E-state index < -0.39 is 5.97 Å². The molecule has 0 atom stereocenters. The van der Waals surface area contributed by atoms with E-state index >= 15 is 0 Å². The molecule has 4 nitrogen and oxygen atoms in total. The molecular formula is C11H13NO3. The van der Waals surface area contributed by atoms with Gasteiger partial charge in [-0.05, 0) is 13.0 Å². The predicted octanol–water partition coefficient (Wildman–Crippen LogP) is 0.968. The average Bonchev–Trinajstić information content (AvgIpc) is 2.20. The molecule has 0 amide bonds. The zero-order chi connectivity index (χ0) is 11.3. The minimum absolute atomic E-state index is 0.108. The maximum Gasteiger partial charge on any atom is 0.333 e. The van der Waals surface area contributed by atoms with Crippen molar-refractivity contribution in [2.24, 2.45) is 0 Å². The zero-order valence-corrected chi connectivity index (χ0v) is 8.60. The fourth-order valence-electron chi connectivity index (χ4n) is 1.01. The van der Waals surface area contributed by atoms with E-state index in [0.29, 0.717) is 12.1 Å². The van der Waals surface area contributed by atoms with Crippen molar-refractivity contribution in [2.45, 2.75) is 13.5 Å². The van der Waals surface area contributed by atoms with Crippen LogP contribution in [-0.2, 0) is 16.1 Å². The summed E-state index contributed by atoms with van der Waals surface area (Å²) in [5.41, 5.74) is 0.249. The highest BCUT2D eigenvalue weighted by Crippen LogP contribution is 1.92. The van der Waals surface area contributed by atoms with Gasteiger partial charge in [-0.3, -0.25) is 4.79 Å². The largest absolute Gasteiger partial charge is 0.460 e. The molecule has 0 fully saturated rings. The van der Waals surface area contributed by atoms with E-state index in [2.05, 4.69) is 6.58 Å². The molecule has 1 heterocycles. The van der Waals surface area contributed by atoms with Crippen LogP contribution in [0.1, 0.15) is 6.92 Å². The first-order chi connectivity index (χ1) is 7.11. The van der Waals surface area contributed by atoms with Gasteiger partial charge in [0.15, 0.2) is 0 Å². The second-order valence-corrected chi connectivity index (χ2v) is 3.15. The third kappa shape index (κ3) is 3.42. The van der Waals surface area contributed by atoms with Crippen molar-refractivity contribution in [3.8, 4) is 0 Å². The molecule has 1 rings (SSSR count). The fraction of sp³-hybridized carbons (Fsp3) is 0.273. The van der Waals surface area contributed by atoms with Gasteiger partial charge in [0.05, 0.1) is 6.54 Å². The number of esters is 1. The van der Waals surface area contributed by atoms with Crippen LogP contribution in [-0.4, -0.2) is 17.1 Å². The van der Waals surface area contributed by atoms with Gasteiger partial charge < -0.3 is 9.30 Å². The van der Waals surface area contributed by atoms with Gasteiger partial charge in [-0.15, -0.1) is 0 Å². The first-order valence-corrected chi connectivity index (χ1v) is 4.59. The van der Waals surface area contributed by atoms with Crippen LogP contribution in [0.15, 0.2) is 41.3 Å². The number of nitrogens with zero attached hydrogens (tertiary/aromatic N) is 1. The number of ether oxygens (including phenoxy) is 1. The van der Waals surface area contributed by atoms with Gasteiger partial charge in [0.25, 0.3) is 5.56 Å². The lowest BCUT2D eigenvalue weighted by Gasteiger charge is -2.06. The number of aromatic nitrogens is 1. The van der Waals surface area contributed by atoms with E-state index in [-0.39, 0.29) is 12.2 Å². The molecule has 4 heteroatoms. The third-order valence-corrected chi connectivity index (χ3v) is 1.81. The van der Waals surface area contributed by atoms with Crippen molar-refractivity contribution in [3.05, 3.63) is 46.9 Å². The molecule has 0 aliphatic heterocycles. The normalized spacial score (nSPS) is 9.67. The summed E-state index contributed by atoms with van der Waals surface area (Å²) >= 11 is 0. The molecule has 0 saturated heterocycles. The van der Waals surface area contributed by atoms with Crippen LogP contribution in [0.5, 0.6) is 0 Å². The van der Waals surface area contributed by atoms with E-state index in [0.717, 1.165) is 0 Å². The SMILES string of the molecule is C=C(C)C(=O)OCCn1ccccc1=O. The number of carbonyl (C=O) groups excluding carboxylic acids is 1. The smallest absolute Gasteiger partial charge is 0.333 e. The van der Waals surface area contributed by atoms with Crippen LogP contribution in [0, 0.1) is 0 Å². The third-order valence-electron chi connectivity index (χ3n) is 1.81. The molecule has 80 valence electrons. The highest BCUT2D eigenvalue weighted by atomic mass is 16.5. The lowest BCUT2D eigenvalue weighted by Crippen LogP contribution is -2.21. The fourth-order valence-corrected chi connectivity index (χ4v) is 1.01. The standard InChI is InChI=1S/C11H13NO3/c1-9(2)11(14)15-8-7-12-6-4-3-5-10(12)13/h3-6H,1,7-8H2,2H3. The Morgan fingerprint density at radius 2 is 2.27 bits per heavy atom. The molecule has 0 aliphatic rings. The van der Waals surface area contributed by atoms with Crippen LogP contribution in [0.4, 0.5) is 0 Å². The van der Waals surface area contributed by atoms with Crippen molar-refractivity contribution in [2.75, 3.05) is 6.61 Å². The topological polar surface area (TPSA) is 48.3 Å². The number of carbonyl (C=O) groups is 1. The zero-order valence-electron chi connectivity index (χ0n) is 8.60. The molecule has 0 spiro atoms. The molecule has 0 bridgehead atoms. The summed E-state index contributed by atoms with van der Waals surface area (Å²) in [5.74, 6) is -0.431. The minimum Gasteiger partial charge on any atom is -0.460 e. The van der Waals surface area contributed by atoms with Gasteiger partial charge >= 0.3 is 5.97 Å². The van der Waals surface area contributed by atoms with Crippen molar-refractivity contribution >= 4 is 5.97 Å². The molecule has 15 heavy (non-hydrogen) atoms. The second kappa shape index (κ2) is 5.14. The Kier molecular flexibility index (Phi) is 3.85. The molecule has 0 radical (unpaired) electrons. The molecular weight excluding hydrogens is 194 g/mol. The average molecular weight is 207 g/mol. The Bertz CT molecular complexity index is 420. The Morgan fingerprint density at radius 1 is 1.53 bits per heavy atom. The van der Waals surface area contributed by atoms with Crippen LogP contribution < -0.4 is 5.56 Å². The Hall–Kier alpha value is -1.84. The van der Waals surface area contributed by atoms with Crippen LogP contribution in [0.2, 0.25) is 0 Å². The van der Waals surface area contributed by atoms with Crippen LogP contribution in [0.25, 0.3) is 0 Å². The summed E-state index contributed by atoms with van der Waals surface area (Å²) in [6, 6.07) is 4.88. The van der Waals surface area contributed by atoms with Gasteiger partial charge in [0.2, 0.25) is 0 Å². The number of rotatable bonds is 4. The summed E-state index contributed by atoms with van der Waals surface area (Å²) in [4.78, 5) is 22.2. The van der Waals surface area contributed by atoms with Gasteiger partial charge in [-0.1, -0.05) is 12.6 Å². The molecule has 0 unspecified atom stereocenters. The molecule has 0 aliphatic carbocycles. The van der Waals surface area contributed by atoms with Gasteiger partial charge in [-0.25, -0.2) is 4.79 Å². The van der Waals surface area contributed by atoms with Crippen molar-refractivity contribution in [1.82, 2.24) is 4.57 Å². The molecule has 1 aromatic rings. The van der Waals surface area contributed by atoms with Crippen LogP contribution in [0.3, 0.4) is 0 Å². The molecule has 0 N–H and O–H groups in total. The quantitative estimate of drug-likeness (QED) is 0.546. The predicted molar refractivity (Wildman–Crippen MR) is 56.5 cm³/mol.